The van der Waals surface area contributed by atoms with E-state index in [1.165, 1.54) is 0 Å². The molecule has 3 heterocycles. The van der Waals surface area contributed by atoms with Gasteiger partial charge in [-0.05, 0) is 38.0 Å². The highest BCUT2D eigenvalue weighted by atomic mass is 16.2. The van der Waals surface area contributed by atoms with Crippen molar-refractivity contribution in [3.63, 3.8) is 0 Å². The number of carbonyl (C=O) groups excluding carboxylic acids is 2. The summed E-state index contributed by atoms with van der Waals surface area (Å²) in [5.41, 5.74) is 1.96. The zero-order chi connectivity index (χ0) is 18.0. The molecule has 0 spiro atoms. The maximum Gasteiger partial charge on any atom is 0.226 e. The zero-order valence-corrected chi connectivity index (χ0v) is 15.3. The van der Waals surface area contributed by atoms with Crippen LogP contribution in [0.3, 0.4) is 0 Å². The Morgan fingerprint density at radius 1 is 1.24 bits per heavy atom. The van der Waals surface area contributed by atoms with Crippen molar-refractivity contribution < 1.29 is 9.59 Å². The molecule has 5 nitrogen and oxygen atoms in total. The minimum atomic E-state index is -0.368. The second-order valence-electron chi connectivity index (χ2n) is 7.73. The topological polar surface area (TPSA) is 64.0 Å². The van der Waals surface area contributed by atoms with Gasteiger partial charge >= 0.3 is 0 Å². The van der Waals surface area contributed by atoms with Gasteiger partial charge in [0.05, 0.1) is 17.4 Å². The van der Waals surface area contributed by atoms with E-state index < -0.39 is 0 Å². The van der Waals surface area contributed by atoms with Crippen molar-refractivity contribution >= 4 is 23.2 Å². The lowest BCUT2D eigenvalue weighted by atomic mass is 9.85. The number of hydrogen-bond donors (Lipinski definition) is 1. The molecule has 25 heavy (non-hydrogen) atoms. The SMILES string of the molecule is CC1NC(=O)C(C)(C)CCCCCCn2c(C=O)cc3ccc1nc32. The lowest BCUT2D eigenvalue weighted by molar-refractivity contribution is -0.130. The van der Waals surface area contributed by atoms with Crippen molar-refractivity contribution in [3.8, 4) is 0 Å². The standard InChI is InChI=1S/C20H27N3O2/c1-14-17-9-8-15-12-16(13-24)23(18(15)22-17)11-7-5-4-6-10-20(2,3)19(25)21-14/h8-9,12-14H,4-7,10-11H2,1-3H3,(H,21,25). The van der Waals surface area contributed by atoms with E-state index in [0.717, 1.165) is 61.7 Å². The van der Waals surface area contributed by atoms with Gasteiger partial charge in [0.15, 0.2) is 6.29 Å². The van der Waals surface area contributed by atoms with Gasteiger partial charge in [0.1, 0.15) is 5.65 Å². The Bertz CT molecular complexity index is 792. The molecule has 1 atom stereocenters. The lowest BCUT2D eigenvalue weighted by Gasteiger charge is -2.26. The Labute approximate surface area is 148 Å². The summed E-state index contributed by atoms with van der Waals surface area (Å²) in [5.74, 6) is 0.0721. The van der Waals surface area contributed by atoms with Crippen molar-refractivity contribution in [2.75, 3.05) is 0 Å². The smallest absolute Gasteiger partial charge is 0.226 e. The zero-order valence-electron chi connectivity index (χ0n) is 15.3. The fourth-order valence-electron chi connectivity index (χ4n) is 3.51. The Kier molecular flexibility index (Phi) is 4.93. The average Bonchev–Trinajstić information content (AvgIpc) is 2.94. The van der Waals surface area contributed by atoms with Crippen LogP contribution >= 0.6 is 0 Å². The van der Waals surface area contributed by atoms with Gasteiger partial charge < -0.3 is 9.88 Å². The number of aromatic nitrogens is 2. The van der Waals surface area contributed by atoms with E-state index in [0.29, 0.717) is 5.69 Å². The van der Waals surface area contributed by atoms with E-state index in [4.69, 9.17) is 4.98 Å². The fraction of sp³-hybridized carbons (Fsp3) is 0.550. The first-order valence-corrected chi connectivity index (χ1v) is 9.19. The third kappa shape index (κ3) is 3.60. The third-order valence-electron chi connectivity index (χ3n) is 5.26. The van der Waals surface area contributed by atoms with Crippen LogP contribution in [0.15, 0.2) is 18.2 Å². The summed E-state index contributed by atoms with van der Waals surface area (Å²) < 4.78 is 2.01. The monoisotopic (exact) mass is 341 g/mol. The van der Waals surface area contributed by atoms with Crippen LogP contribution in [0, 0.1) is 5.41 Å². The lowest BCUT2D eigenvalue weighted by Crippen LogP contribution is -2.38. The number of amides is 1. The van der Waals surface area contributed by atoms with E-state index in [1.54, 1.807) is 0 Å². The van der Waals surface area contributed by atoms with Crippen molar-refractivity contribution in [2.24, 2.45) is 5.41 Å². The van der Waals surface area contributed by atoms with E-state index in [1.807, 2.05) is 43.5 Å². The molecule has 0 saturated carbocycles. The molecule has 0 aromatic carbocycles. The molecule has 1 aliphatic rings. The minimum absolute atomic E-state index is 0.0721. The molecule has 134 valence electrons. The van der Waals surface area contributed by atoms with Crippen molar-refractivity contribution in [2.45, 2.75) is 65.5 Å². The molecule has 0 saturated heterocycles. The number of hydrogen-bond acceptors (Lipinski definition) is 3. The van der Waals surface area contributed by atoms with E-state index in [9.17, 15) is 9.59 Å². The van der Waals surface area contributed by atoms with Crippen LogP contribution in [0.25, 0.3) is 11.0 Å². The predicted molar refractivity (Wildman–Crippen MR) is 98.5 cm³/mol. The Morgan fingerprint density at radius 3 is 2.76 bits per heavy atom. The Hall–Kier alpha value is -2.17. The van der Waals surface area contributed by atoms with Gasteiger partial charge in [-0.25, -0.2) is 4.98 Å². The number of rotatable bonds is 1. The first kappa shape index (κ1) is 17.6. The molecule has 2 bridgehead atoms. The summed E-state index contributed by atoms with van der Waals surface area (Å²) >= 11 is 0. The highest BCUT2D eigenvalue weighted by molar-refractivity contribution is 5.87. The van der Waals surface area contributed by atoms with E-state index in [-0.39, 0.29) is 17.4 Å². The number of aryl methyl sites for hydroxylation is 1. The summed E-state index contributed by atoms with van der Waals surface area (Å²) in [5, 5.41) is 4.08. The molecule has 3 rings (SSSR count). The van der Waals surface area contributed by atoms with E-state index in [2.05, 4.69) is 5.32 Å². The quantitative estimate of drug-likeness (QED) is 0.797. The van der Waals surface area contributed by atoms with Crippen molar-refractivity contribution in [3.05, 3.63) is 29.6 Å². The predicted octanol–water partition coefficient (Wildman–Crippen LogP) is 4.02. The summed E-state index contributed by atoms with van der Waals surface area (Å²) in [7, 11) is 0. The van der Waals surface area contributed by atoms with Gasteiger partial charge in [-0.2, -0.15) is 0 Å². The fourth-order valence-corrected chi connectivity index (χ4v) is 3.51. The van der Waals surface area contributed by atoms with Crippen LogP contribution in [0.4, 0.5) is 0 Å². The number of fused-ring (bicyclic) bond motifs is 1. The Morgan fingerprint density at radius 2 is 2.00 bits per heavy atom. The number of nitrogens with zero attached hydrogens (tertiary/aromatic N) is 2. The molecule has 0 fully saturated rings. The van der Waals surface area contributed by atoms with Crippen molar-refractivity contribution in [1.82, 2.24) is 14.9 Å². The molecule has 1 N–H and O–H groups in total. The molecule has 1 unspecified atom stereocenters. The number of pyridine rings is 1. The molecule has 2 aromatic heterocycles. The van der Waals surface area contributed by atoms with Crippen LogP contribution in [0.1, 0.15) is 75.1 Å². The summed E-state index contributed by atoms with van der Waals surface area (Å²) in [4.78, 5) is 28.8. The average molecular weight is 341 g/mol. The van der Waals surface area contributed by atoms with Crippen molar-refractivity contribution in [1.29, 1.82) is 0 Å². The van der Waals surface area contributed by atoms with Gasteiger partial charge in [-0.3, -0.25) is 9.59 Å². The van der Waals surface area contributed by atoms with Crippen LogP contribution in [0.5, 0.6) is 0 Å². The van der Waals surface area contributed by atoms with Crippen LogP contribution < -0.4 is 5.32 Å². The first-order chi connectivity index (χ1) is 11.9. The first-order valence-electron chi connectivity index (χ1n) is 9.19. The summed E-state index contributed by atoms with van der Waals surface area (Å²) in [6.45, 7) is 6.79. The van der Waals surface area contributed by atoms with Gasteiger partial charge in [0.25, 0.3) is 0 Å². The summed E-state index contributed by atoms with van der Waals surface area (Å²) in [6, 6.07) is 5.65. The number of nitrogens with one attached hydrogen (secondary N) is 1. The molecule has 1 amide bonds. The minimum Gasteiger partial charge on any atom is -0.348 e. The second-order valence-corrected chi connectivity index (χ2v) is 7.73. The maximum atomic E-state index is 12.6. The number of carbonyl (C=O) groups is 2. The molecular weight excluding hydrogens is 314 g/mol. The molecule has 2 aromatic rings. The number of aldehydes is 1. The van der Waals surface area contributed by atoms with Gasteiger partial charge in [0, 0.05) is 17.3 Å². The normalized spacial score (nSPS) is 21.7. The van der Waals surface area contributed by atoms with Crippen LogP contribution in [-0.4, -0.2) is 21.7 Å². The maximum absolute atomic E-state index is 12.6. The van der Waals surface area contributed by atoms with E-state index >= 15 is 0 Å². The molecule has 1 aliphatic heterocycles. The summed E-state index contributed by atoms with van der Waals surface area (Å²) in [6.07, 6.45) is 6.02. The largest absolute Gasteiger partial charge is 0.348 e. The Balaban J connectivity index is 2.01. The van der Waals surface area contributed by atoms with Gasteiger partial charge in [0.2, 0.25) is 5.91 Å². The molecular formula is C20H27N3O2. The highest BCUT2D eigenvalue weighted by Crippen LogP contribution is 2.27. The van der Waals surface area contributed by atoms with Crippen LogP contribution in [0.2, 0.25) is 0 Å². The van der Waals surface area contributed by atoms with Gasteiger partial charge in [-0.1, -0.05) is 33.1 Å². The van der Waals surface area contributed by atoms with Crippen LogP contribution in [-0.2, 0) is 11.3 Å². The second kappa shape index (κ2) is 6.98. The molecule has 0 radical (unpaired) electrons. The van der Waals surface area contributed by atoms with Gasteiger partial charge in [-0.15, -0.1) is 0 Å². The molecule has 5 heteroatoms. The third-order valence-corrected chi connectivity index (χ3v) is 5.26. The molecule has 0 aliphatic carbocycles. The highest BCUT2D eigenvalue weighted by Gasteiger charge is 2.28.